The van der Waals surface area contributed by atoms with Gasteiger partial charge >= 0.3 is 24.1 Å². The first-order chi connectivity index (χ1) is 57.9. The number of nitrogens with zero attached hydrogens (tertiary/aromatic N) is 12. The number of ether oxygens (including phenoxy) is 5. The highest BCUT2D eigenvalue weighted by molar-refractivity contribution is 6.07. The number of urea groups is 4. The van der Waals surface area contributed by atoms with Crippen LogP contribution < -0.4 is 62.9 Å². The van der Waals surface area contributed by atoms with E-state index in [1.807, 2.05) is 262 Å². The number of piperazine rings is 4. The first-order valence-corrected chi connectivity index (χ1v) is 39.6. The molecule has 12 aromatic rings. The van der Waals surface area contributed by atoms with Crippen molar-refractivity contribution in [3.05, 3.63) is 308 Å². The van der Waals surface area contributed by atoms with Gasteiger partial charge in [-0.2, -0.15) is 0 Å². The summed E-state index contributed by atoms with van der Waals surface area (Å²) in [6.45, 7) is 10.4. The summed E-state index contributed by atoms with van der Waals surface area (Å²) in [5.74, 6) is 5.05. The van der Waals surface area contributed by atoms with Gasteiger partial charge in [0.05, 0.1) is 64.9 Å². The van der Waals surface area contributed by atoms with Crippen LogP contribution in [0.4, 0.5) is 96.2 Å². The fourth-order valence-electron chi connectivity index (χ4n) is 15.9. The van der Waals surface area contributed by atoms with E-state index in [2.05, 4.69) is 45.0 Å². The number of methoxy groups -OCH3 is 1. The summed E-state index contributed by atoms with van der Waals surface area (Å²) < 4.78 is 56.6. The monoisotopic (exact) mass is 1580 g/mol. The maximum Gasteiger partial charge on any atom is 0.329 e. The summed E-state index contributed by atoms with van der Waals surface area (Å²) in [4.78, 5) is 77.4. The van der Waals surface area contributed by atoms with Gasteiger partial charge in [0.1, 0.15) is 17.4 Å². The molecular formula is C94H86F2N12O10. The maximum absolute atomic E-state index is 13.6. The maximum atomic E-state index is 13.6. The van der Waals surface area contributed by atoms with Crippen LogP contribution in [0.3, 0.4) is 0 Å². The number of carbonyl (C=O) groups excluding carboxylic acids is 4. The molecule has 596 valence electrons. The van der Waals surface area contributed by atoms with Crippen molar-refractivity contribution < 1.29 is 56.7 Å². The Morgan fingerprint density at radius 1 is 0.280 bits per heavy atom. The Balaban J connectivity index is 0.000000113. The molecular weight excluding hydrogens is 1500 g/mol. The Kier molecular flexibility index (Phi) is 22.3. The standard InChI is InChI=1S/2C24H23N3O3.C23H19F2N3O2.C23H21N3O2/c1-29-21-11-5-2-8-18(21)25-14-16-26(17-15-25)24(28)27-19-9-3-6-12-22(19)30-23-13-7-4-10-20(23)27;28-17-18-6-5-7-19(16-18)25-12-14-26(15-13-25)24(29)27-20-8-1-3-10-22(20)30-23-11-4-2-9-21(23)27;24-16-13-17(25)15-18(14-16)26-9-11-27(12-10-26)23(29)28-19-5-1-3-7-21(19)30-22-8-4-2-6-20(22)28;27-23(25-16-14-24(15-17-25)18-8-2-1-3-9-18)26-19-10-4-6-12-21(19)28-22-13-7-5-11-20(22)26/h2-13H,14-17H2,1H3;1-11,16,28H,12-15,17H2;1-8,13-15H,9-12H2;1-13H,14-17H2. The molecule has 24 heteroatoms. The second-order valence-electron chi connectivity index (χ2n) is 29.0. The van der Waals surface area contributed by atoms with E-state index in [9.17, 15) is 33.1 Å². The van der Waals surface area contributed by atoms with Crippen LogP contribution in [0.1, 0.15) is 5.56 Å². The molecule has 4 saturated heterocycles. The van der Waals surface area contributed by atoms with Gasteiger partial charge in [0.15, 0.2) is 46.0 Å². The number of hydrogen-bond donors (Lipinski definition) is 1. The highest BCUT2D eigenvalue weighted by Gasteiger charge is 2.39. The van der Waals surface area contributed by atoms with Gasteiger partial charge in [0, 0.05) is 128 Å². The molecule has 8 heterocycles. The minimum Gasteiger partial charge on any atom is -0.495 e. The molecule has 0 aromatic heterocycles. The van der Waals surface area contributed by atoms with E-state index < -0.39 is 11.6 Å². The molecule has 118 heavy (non-hydrogen) atoms. The molecule has 4 fully saturated rings. The number of aliphatic hydroxyl groups excluding tert-OH is 1. The van der Waals surface area contributed by atoms with Gasteiger partial charge < -0.3 is 68.0 Å². The Hall–Kier alpha value is -14.3. The molecule has 22 nitrogen and oxygen atoms in total. The third-order valence-corrected chi connectivity index (χ3v) is 21.9. The number of fused-ring (bicyclic) bond motifs is 8. The van der Waals surface area contributed by atoms with E-state index in [1.54, 1.807) is 31.6 Å². The van der Waals surface area contributed by atoms with Crippen molar-refractivity contribution in [2.45, 2.75) is 6.61 Å². The first-order valence-electron chi connectivity index (χ1n) is 39.6. The average molecular weight is 1580 g/mol. The minimum absolute atomic E-state index is 0.00379. The summed E-state index contributed by atoms with van der Waals surface area (Å²) in [7, 11) is 1.69. The highest BCUT2D eigenvalue weighted by atomic mass is 19.1. The smallest absolute Gasteiger partial charge is 0.329 e. The van der Waals surface area contributed by atoms with E-state index >= 15 is 0 Å². The van der Waals surface area contributed by atoms with Crippen LogP contribution in [0.15, 0.2) is 291 Å². The summed E-state index contributed by atoms with van der Waals surface area (Å²) in [5, 5.41) is 9.39. The minimum atomic E-state index is -0.606. The number of hydrogen-bond acceptors (Lipinski definition) is 14. The third-order valence-electron chi connectivity index (χ3n) is 21.9. The van der Waals surface area contributed by atoms with Crippen LogP contribution in [-0.4, -0.2) is 161 Å². The van der Waals surface area contributed by atoms with Gasteiger partial charge in [-0.15, -0.1) is 0 Å². The number of anilines is 12. The molecule has 12 aromatic carbocycles. The molecule has 20 rings (SSSR count). The van der Waals surface area contributed by atoms with Crippen molar-refractivity contribution in [3.63, 3.8) is 0 Å². The van der Waals surface area contributed by atoms with Crippen molar-refractivity contribution in [1.29, 1.82) is 0 Å². The molecule has 0 atom stereocenters. The number of para-hydroxylation sites is 19. The van der Waals surface area contributed by atoms with E-state index in [0.717, 1.165) is 102 Å². The molecule has 8 aliphatic heterocycles. The van der Waals surface area contributed by atoms with Gasteiger partial charge in [0.2, 0.25) is 0 Å². The largest absolute Gasteiger partial charge is 0.495 e. The van der Waals surface area contributed by atoms with Gasteiger partial charge in [-0.25, -0.2) is 28.0 Å². The predicted octanol–water partition coefficient (Wildman–Crippen LogP) is 19.3. The van der Waals surface area contributed by atoms with Gasteiger partial charge in [-0.05, 0) is 151 Å². The lowest BCUT2D eigenvalue weighted by atomic mass is 10.1. The van der Waals surface area contributed by atoms with Gasteiger partial charge in [0.25, 0.3) is 0 Å². The van der Waals surface area contributed by atoms with E-state index in [4.69, 9.17) is 23.7 Å². The molecule has 8 amide bonds. The number of amides is 8. The Morgan fingerprint density at radius 3 is 0.839 bits per heavy atom. The average Bonchev–Trinajstić information content (AvgIpc) is 0.774. The normalized spacial score (nSPS) is 15.3. The SMILES string of the molecule is COc1ccccc1N1CCN(C(=O)N2c3ccccc3Oc3ccccc32)CC1.O=C(N1CCN(c2cc(F)cc(F)c2)CC1)N1c2ccccc2Oc2ccccc21.O=C(N1CCN(c2cccc(CO)c2)CC1)N1c2ccccc2Oc2ccccc21.O=C(N1CCN(c2ccccc2)CC1)N1c2ccccc2Oc2ccccc21. The zero-order chi connectivity index (χ0) is 80.6. The molecule has 8 aliphatic rings. The van der Waals surface area contributed by atoms with Crippen molar-refractivity contribution in [2.75, 3.05) is 151 Å². The summed E-state index contributed by atoms with van der Waals surface area (Å²) >= 11 is 0. The van der Waals surface area contributed by atoms with E-state index in [-0.39, 0.29) is 30.7 Å². The molecule has 0 spiro atoms. The van der Waals surface area contributed by atoms with Crippen LogP contribution in [0.2, 0.25) is 0 Å². The molecule has 0 aliphatic carbocycles. The lowest BCUT2D eigenvalue weighted by Gasteiger charge is -2.40. The molecule has 0 bridgehead atoms. The fourth-order valence-corrected chi connectivity index (χ4v) is 15.9. The second kappa shape index (κ2) is 34.4. The van der Waals surface area contributed by atoms with Crippen LogP contribution in [0, 0.1) is 11.6 Å². The van der Waals surface area contributed by atoms with Gasteiger partial charge in [-0.1, -0.05) is 140 Å². The van der Waals surface area contributed by atoms with Gasteiger partial charge in [-0.3, -0.25) is 19.6 Å². The van der Waals surface area contributed by atoms with E-state index in [1.165, 1.54) is 17.8 Å². The third kappa shape index (κ3) is 15.9. The Morgan fingerprint density at radius 2 is 0.534 bits per heavy atom. The number of aliphatic hydroxyl groups is 1. The van der Waals surface area contributed by atoms with Crippen LogP contribution >= 0.6 is 0 Å². The van der Waals surface area contributed by atoms with Crippen molar-refractivity contribution in [2.24, 2.45) is 0 Å². The number of halogens is 2. The number of carbonyl (C=O) groups is 4. The fraction of sp³-hybridized carbons (Fsp3) is 0.191. The van der Waals surface area contributed by atoms with Crippen LogP contribution in [0.5, 0.6) is 51.7 Å². The Labute approximate surface area is 683 Å². The molecule has 0 saturated carbocycles. The van der Waals surface area contributed by atoms with Crippen molar-refractivity contribution >= 4 is 92.4 Å². The lowest BCUT2D eigenvalue weighted by Crippen LogP contribution is -2.52. The predicted molar refractivity (Wildman–Crippen MR) is 455 cm³/mol. The number of benzene rings is 12. The summed E-state index contributed by atoms with van der Waals surface area (Å²) in [5.41, 5.74) is 10.8. The zero-order valence-corrected chi connectivity index (χ0v) is 65.0. The van der Waals surface area contributed by atoms with Crippen LogP contribution in [0.25, 0.3) is 0 Å². The zero-order valence-electron chi connectivity index (χ0n) is 65.0. The first kappa shape index (κ1) is 76.4. The van der Waals surface area contributed by atoms with E-state index in [0.29, 0.717) is 129 Å². The molecule has 0 radical (unpaired) electrons. The quantitative estimate of drug-likeness (QED) is 0.167. The lowest BCUT2D eigenvalue weighted by molar-refractivity contribution is 0.202. The topological polar surface area (TPSA) is 174 Å². The second-order valence-corrected chi connectivity index (χ2v) is 29.0. The molecule has 1 N–H and O–H groups in total. The summed E-state index contributed by atoms with van der Waals surface area (Å²) in [6, 6.07) is 90.4. The highest BCUT2D eigenvalue weighted by Crippen LogP contribution is 2.51. The Bertz CT molecular complexity index is 5440. The van der Waals surface area contributed by atoms with Crippen molar-refractivity contribution in [3.8, 4) is 51.7 Å². The van der Waals surface area contributed by atoms with Crippen LogP contribution in [-0.2, 0) is 6.61 Å². The van der Waals surface area contributed by atoms with Crippen molar-refractivity contribution in [1.82, 2.24) is 19.6 Å². The summed E-state index contributed by atoms with van der Waals surface area (Å²) in [6.07, 6.45) is 0. The number of rotatable bonds is 6. The molecule has 0 unspecified atom stereocenters.